The van der Waals surface area contributed by atoms with Gasteiger partial charge in [-0.3, -0.25) is 9.59 Å². The average molecular weight is 338 g/mol. The molecule has 1 heterocycles. The van der Waals surface area contributed by atoms with Crippen molar-refractivity contribution in [2.75, 3.05) is 11.9 Å². The van der Waals surface area contributed by atoms with E-state index < -0.39 is 0 Å². The van der Waals surface area contributed by atoms with Gasteiger partial charge < -0.3 is 15.4 Å². The van der Waals surface area contributed by atoms with Gasteiger partial charge in [-0.05, 0) is 42.7 Å². The van der Waals surface area contributed by atoms with Crippen LogP contribution in [0.2, 0.25) is 0 Å². The lowest BCUT2D eigenvalue weighted by Gasteiger charge is -2.11. The molecule has 1 atom stereocenters. The summed E-state index contributed by atoms with van der Waals surface area (Å²) in [5, 5.41) is 5.75. The standard InChI is InChI=1S/C20H22N2O3/c23-19(13-18-10-5-11-25-18)21-14-15-6-4-7-16(12-15)20(24)22-17-8-2-1-3-9-17/h1-4,6-9,12,18H,5,10-11,13-14H2,(H,21,23)(H,22,24). The van der Waals surface area contributed by atoms with Gasteiger partial charge in [-0.2, -0.15) is 0 Å². The summed E-state index contributed by atoms with van der Waals surface area (Å²) in [5.74, 6) is -0.190. The lowest BCUT2D eigenvalue weighted by molar-refractivity contribution is -0.123. The second kappa shape index (κ2) is 8.44. The second-order valence-electron chi connectivity index (χ2n) is 6.14. The van der Waals surface area contributed by atoms with E-state index in [-0.39, 0.29) is 17.9 Å². The number of hydrogen-bond donors (Lipinski definition) is 2. The van der Waals surface area contributed by atoms with Gasteiger partial charge in [-0.15, -0.1) is 0 Å². The number of rotatable bonds is 6. The molecule has 0 spiro atoms. The molecular weight excluding hydrogens is 316 g/mol. The van der Waals surface area contributed by atoms with Crippen molar-refractivity contribution >= 4 is 17.5 Å². The minimum absolute atomic E-state index is 0.0222. The van der Waals surface area contributed by atoms with Crippen LogP contribution in [0, 0.1) is 0 Å². The van der Waals surface area contributed by atoms with Gasteiger partial charge in [0, 0.05) is 24.4 Å². The molecule has 3 rings (SSSR count). The van der Waals surface area contributed by atoms with Crippen molar-refractivity contribution in [3.05, 3.63) is 65.7 Å². The zero-order valence-electron chi connectivity index (χ0n) is 14.0. The van der Waals surface area contributed by atoms with Crippen LogP contribution in [0.3, 0.4) is 0 Å². The van der Waals surface area contributed by atoms with Gasteiger partial charge in [0.15, 0.2) is 0 Å². The van der Waals surface area contributed by atoms with Crippen LogP contribution in [0.15, 0.2) is 54.6 Å². The number of hydrogen-bond acceptors (Lipinski definition) is 3. The summed E-state index contributed by atoms with van der Waals surface area (Å²) in [5.41, 5.74) is 2.21. The lowest BCUT2D eigenvalue weighted by Crippen LogP contribution is -2.26. The minimum Gasteiger partial charge on any atom is -0.378 e. The van der Waals surface area contributed by atoms with Crippen LogP contribution in [0.5, 0.6) is 0 Å². The van der Waals surface area contributed by atoms with Crippen molar-refractivity contribution in [2.24, 2.45) is 0 Å². The molecule has 0 radical (unpaired) electrons. The van der Waals surface area contributed by atoms with Gasteiger partial charge in [-0.1, -0.05) is 30.3 Å². The third kappa shape index (κ3) is 5.16. The number of amides is 2. The molecule has 1 unspecified atom stereocenters. The first-order valence-electron chi connectivity index (χ1n) is 8.54. The van der Waals surface area contributed by atoms with E-state index in [4.69, 9.17) is 4.74 Å². The molecule has 0 saturated carbocycles. The van der Waals surface area contributed by atoms with Crippen LogP contribution < -0.4 is 10.6 Å². The second-order valence-corrected chi connectivity index (χ2v) is 6.14. The van der Waals surface area contributed by atoms with Crippen molar-refractivity contribution in [3.63, 3.8) is 0 Å². The summed E-state index contributed by atoms with van der Waals surface area (Å²) >= 11 is 0. The van der Waals surface area contributed by atoms with Crippen molar-refractivity contribution in [1.29, 1.82) is 0 Å². The molecular formula is C20H22N2O3. The maximum absolute atomic E-state index is 12.3. The van der Waals surface area contributed by atoms with Gasteiger partial charge in [-0.25, -0.2) is 0 Å². The molecule has 2 aromatic carbocycles. The van der Waals surface area contributed by atoms with Gasteiger partial charge in [0.25, 0.3) is 5.91 Å². The highest BCUT2D eigenvalue weighted by molar-refractivity contribution is 6.04. The van der Waals surface area contributed by atoms with E-state index in [1.54, 1.807) is 12.1 Å². The molecule has 0 bridgehead atoms. The van der Waals surface area contributed by atoms with Crippen LogP contribution in [0.25, 0.3) is 0 Å². The van der Waals surface area contributed by atoms with Crippen molar-refractivity contribution < 1.29 is 14.3 Å². The first-order valence-corrected chi connectivity index (χ1v) is 8.54. The van der Waals surface area contributed by atoms with Crippen LogP contribution in [-0.4, -0.2) is 24.5 Å². The maximum Gasteiger partial charge on any atom is 0.255 e. The highest BCUT2D eigenvalue weighted by atomic mass is 16.5. The quantitative estimate of drug-likeness (QED) is 0.850. The fourth-order valence-electron chi connectivity index (χ4n) is 2.83. The monoisotopic (exact) mass is 338 g/mol. The number of ether oxygens (including phenoxy) is 1. The Morgan fingerprint density at radius 2 is 1.92 bits per heavy atom. The molecule has 1 fully saturated rings. The maximum atomic E-state index is 12.3. The van der Waals surface area contributed by atoms with E-state index in [1.807, 2.05) is 42.5 Å². The summed E-state index contributed by atoms with van der Waals surface area (Å²) < 4.78 is 5.47. The predicted octanol–water partition coefficient (Wildman–Crippen LogP) is 3.12. The highest BCUT2D eigenvalue weighted by Gasteiger charge is 2.18. The summed E-state index contributed by atoms with van der Waals surface area (Å²) in [7, 11) is 0. The number of carbonyl (C=O) groups excluding carboxylic acids is 2. The third-order valence-electron chi connectivity index (χ3n) is 4.15. The Labute approximate surface area is 147 Å². The summed E-state index contributed by atoms with van der Waals surface area (Å²) in [6.07, 6.45) is 2.41. The molecule has 5 heteroatoms. The Kier molecular flexibility index (Phi) is 5.80. The first kappa shape index (κ1) is 17.2. The number of benzene rings is 2. The molecule has 130 valence electrons. The molecule has 5 nitrogen and oxygen atoms in total. The lowest BCUT2D eigenvalue weighted by atomic mass is 10.1. The van der Waals surface area contributed by atoms with Crippen molar-refractivity contribution in [1.82, 2.24) is 5.32 Å². The SMILES string of the molecule is O=C(CC1CCCO1)NCc1cccc(C(=O)Nc2ccccc2)c1. The zero-order chi connectivity index (χ0) is 17.5. The average Bonchev–Trinajstić information content (AvgIpc) is 3.14. The summed E-state index contributed by atoms with van der Waals surface area (Å²) in [6.45, 7) is 1.15. The van der Waals surface area contributed by atoms with Crippen LogP contribution in [0.1, 0.15) is 35.2 Å². The van der Waals surface area contributed by atoms with Gasteiger partial charge in [0.05, 0.1) is 12.5 Å². The zero-order valence-corrected chi connectivity index (χ0v) is 14.0. The van der Waals surface area contributed by atoms with Crippen LogP contribution >= 0.6 is 0 Å². The predicted molar refractivity (Wildman–Crippen MR) is 96.3 cm³/mol. The smallest absolute Gasteiger partial charge is 0.255 e. The van der Waals surface area contributed by atoms with E-state index in [2.05, 4.69) is 10.6 Å². The molecule has 2 N–H and O–H groups in total. The Morgan fingerprint density at radius 1 is 1.08 bits per heavy atom. The van der Waals surface area contributed by atoms with Crippen molar-refractivity contribution in [2.45, 2.75) is 31.9 Å². The van der Waals surface area contributed by atoms with E-state index in [1.165, 1.54) is 0 Å². The largest absolute Gasteiger partial charge is 0.378 e. The molecule has 2 amide bonds. The van der Waals surface area contributed by atoms with E-state index in [9.17, 15) is 9.59 Å². The van der Waals surface area contributed by atoms with Gasteiger partial charge in [0.1, 0.15) is 0 Å². The Hall–Kier alpha value is -2.66. The molecule has 1 aliphatic rings. The fraction of sp³-hybridized carbons (Fsp3) is 0.300. The minimum atomic E-state index is -0.168. The molecule has 2 aromatic rings. The van der Waals surface area contributed by atoms with E-state index in [0.29, 0.717) is 18.5 Å². The van der Waals surface area contributed by atoms with Gasteiger partial charge in [0.2, 0.25) is 5.91 Å². The van der Waals surface area contributed by atoms with Gasteiger partial charge >= 0.3 is 0 Å². The molecule has 25 heavy (non-hydrogen) atoms. The van der Waals surface area contributed by atoms with E-state index >= 15 is 0 Å². The number of para-hydroxylation sites is 1. The molecule has 1 saturated heterocycles. The topological polar surface area (TPSA) is 67.4 Å². The summed E-state index contributed by atoms with van der Waals surface area (Å²) in [4.78, 5) is 24.3. The molecule has 1 aliphatic heterocycles. The Morgan fingerprint density at radius 3 is 2.68 bits per heavy atom. The molecule has 0 aromatic heterocycles. The van der Waals surface area contributed by atoms with E-state index in [0.717, 1.165) is 30.7 Å². The third-order valence-corrected chi connectivity index (χ3v) is 4.15. The fourth-order valence-corrected chi connectivity index (χ4v) is 2.83. The Balaban J connectivity index is 1.53. The number of anilines is 1. The number of nitrogens with one attached hydrogen (secondary N) is 2. The number of carbonyl (C=O) groups is 2. The highest BCUT2D eigenvalue weighted by Crippen LogP contribution is 2.15. The summed E-state index contributed by atoms with van der Waals surface area (Å²) in [6, 6.07) is 16.6. The normalized spacial score (nSPS) is 16.4. The van der Waals surface area contributed by atoms with Crippen LogP contribution in [-0.2, 0) is 16.1 Å². The molecule has 0 aliphatic carbocycles. The van der Waals surface area contributed by atoms with Crippen LogP contribution in [0.4, 0.5) is 5.69 Å². The van der Waals surface area contributed by atoms with Crippen molar-refractivity contribution in [3.8, 4) is 0 Å². The first-order chi connectivity index (χ1) is 12.2. The Bertz CT molecular complexity index is 725.